The Kier molecular flexibility index (Phi) is 7.76. The van der Waals surface area contributed by atoms with Crippen molar-refractivity contribution < 1.29 is 18.5 Å². The van der Waals surface area contributed by atoms with Crippen LogP contribution in [0.5, 0.6) is 0 Å². The molecule has 2 aromatic heterocycles. The monoisotopic (exact) mass is 563 g/mol. The number of piperidine rings is 1. The fourth-order valence-electron chi connectivity index (χ4n) is 4.28. The molecular weight excluding hydrogens is 538 g/mol. The molecule has 2 amide bonds. The third-order valence-electron chi connectivity index (χ3n) is 6.32. The van der Waals surface area contributed by atoms with E-state index in [1.807, 2.05) is 24.3 Å². The van der Waals surface area contributed by atoms with Crippen molar-refractivity contribution in [3.8, 4) is 11.4 Å². The number of aromatic nitrogens is 2. The highest BCUT2D eigenvalue weighted by molar-refractivity contribution is 9.10. The number of nitrogens with zero attached hydrogens (tertiary/aromatic N) is 3. The van der Waals surface area contributed by atoms with Crippen LogP contribution in [0.2, 0.25) is 0 Å². The summed E-state index contributed by atoms with van der Waals surface area (Å²) in [5.41, 5.74) is 1.81. The second kappa shape index (κ2) is 11.5. The average molecular weight is 564 g/mol. The molecule has 1 aliphatic heterocycles. The van der Waals surface area contributed by atoms with Crippen LogP contribution in [-0.4, -0.2) is 39.9 Å². The first-order valence-corrected chi connectivity index (χ1v) is 12.9. The molecule has 9 nitrogen and oxygen atoms in total. The van der Waals surface area contributed by atoms with E-state index in [4.69, 9.17) is 8.94 Å². The number of carbonyl (C=O) groups is 2. The largest absolute Gasteiger partial charge is 0.467 e. The number of carbonyl (C=O) groups excluding carboxylic acids is 2. The molecule has 3 heterocycles. The van der Waals surface area contributed by atoms with E-state index in [1.165, 1.54) is 0 Å². The molecule has 2 aromatic carbocycles. The van der Waals surface area contributed by atoms with Crippen LogP contribution < -0.4 is 10.6 Å². The van der Waals surface area contributed by atoms with Crippen LogP contribution in [0.15, 0.2) is 80.3 Å². The lowest BCUT2D eigenvalue weighted by atomic mass is 9.95. The smallest absolute Gasteiger partial charge is 0.253 e. The van der Waals surface area contributed by atoms with Gasteiger partial charge in [-0.2, -0.15) is 4.98 Å². The van der Waals surface area contributed by atoms with Crippen LogP contribution in [0.1, 0.15) is 34.9 Å². The molecule has 10 heteroatoms. The van der Waals surface area contributed by atoms with Gasteiger partial charge in [-0.25, -0.2) is 0 Å². The van der Waals surface area contributed by atoms with Crippen molar-refractivity contribution in [2.75, 3.05) is 18.4 Å². The summed E-state index contributed by atoms with van der Waals surface area (Å²) in [4.78, 5) is 32.4. The summed E-state index contributed by atoms with van der Waals surface area (Å²) in [7, 11) is 0. The molecule has 0 aliphatic carbocycles. The molecule has 0 saturated carbocycles. The van der Waals surface area contributed by atoms with Crippen molar-refractivity contribution in [2.45, 2.75) is 25.9 Å². The zero-order chi connectivity index (χ0) is 25.6. The molecule has 0 unspecified atom stereocenters. The number of hydrogen-bond acceptors (Lipinski definition) is 7. The molecule has 0 radical (unpaired) electrons. The fraction of sp³-hybridized carbons (Fsp3) is 0.259. The second-order valence-electron chi connectivity index (χ2n) is 8.87. The Morgan fingerprint density at radius 1 is 1.03 bits per heavy atom. The number of nitrogens with one attached hydrogen (secondary N) is 2. The molecule has 5 rings (SSSR count). The number of likely N-dealkylation sites (tertiary alicyclic amines) is 1. The summed E-state index contributed by atoms with van der Waals surface area (Å²) in [6.07, 6.45) is 2.96. The maximum atomic E-state index is 13.0. The lowest BCUT2D eigenvalue weighted by Crippen LogP contribution is -2.38. The molecule has 1 aliphatic rings. The fourth-order valence-corrected chi connectivity index (χ4v) is 4.54. The predicted molar refractivity (Wildman–Crippen MR) is 140 cm³/mol. The quantitative estimate of drug-likeness (QED) is 0.314. The number of rotatable bonds is 8. The first-order valence-electron chi connectivity index (χ1n) is 12.1. The van der Waals surface area contributed by atoms with E-state index in [2.05, 4.69) is 41.6 Å². The van der Waals surface area contributed by atoms with Crippen molar-refractivity contribution in [3.63, 3.8) is 0 Å². The summed E-state index contributed by atoms with van der Waals surface area (Å²) < 4.78 is 11.7. The van der Waals surface area contributed by atoms with Crippen molar-refractivity contribution in [2.24, 2.45) is 5.92 Å². The van der Waals surface area contributed by atoms with Gasteiger partial charge in [0.1, 0.15) is 5.76 Å². The second-order valence-corrected chi connectivity index (χ2v) is 9.78. The zero-order valence-corrected chi connectivity index (χ0v) is 21.6. The average Bonchev–Trinajstić information content (AvgIpc) is 3.61. The Labute approximate surface area is 222 Å². The first kappa shape index (κ1) is 24.9. The summed E-state index contributed by atoms with van der Waals surface area (Å²) in [6, 6.07) is 18.3. The van der Waals surface area contributed by atoms with E-state index in [1.54, 1.807) is 42.7 Å². The van der Waals surface area contributed by atoms with E-state index >= 15 is 0 Å². The molecular formula is C27H26BrN5O4. The predicted octanol–water partition coefficient (Wildman–Crippen LogP) is 4.87. The topological polar surface area (TPSA) is 114 Å². The molecule has 0 bridgehead atoms. The van der Waals surface area contributed by atoms with Gasteiger partial charge in [-0.3, -0.25) is 14.5 Å². The summed E-state index contributed by atoms with van der Waals surface area (Å²) >= 11 is 3.42. The highest BCUT2D eigenvalue weighted by Crippen LogP contribution is 2.24. The van der Waals surface area contributed by atoms with Gasteiger partial charge in [-0.05, 0) is 74.5 Å². The van der Waals surface area contributed by atoms with Gasteiger partial charge in [0.25, 0.3) is 5.91 Å². The Morgan fingerprint density at radius 2 is 1.81 bits per heavy atom. The molecule has 1 saturated heterocycles. The lowest BCUT2D eigenvalue weighted by Gasteiger charge is -2.30. The first-order chi connectivity index (χ1) is 18.0. The summed E-state index contributed by atoms with van der Waals surface area (Å²) in [6.45, 7) is 2.28. The molecule has 37 heavy (non-hydrogen) atoms. The van der Waals surface area contributed by atoms with Crippen LogP contribution in [0.3, 0.4) is 0 Å². The van der Waals surface area contributed by atoms with Gasteiger partial charge in [-0.15, -0.1) is 0 Å². The molecule has 1 fully saturated rings. The van der Waals surface area contributed by atoms with Crippen molar-refractivity contribution in [3.05, 3.63) is 88.6 Å². The van der Waals surface area contributed by atoms with Gasteiger partial charge in [0.15, 0.2) is 0 Å². The molecule has 0 atom stereocenters. The third-order valence-corrected chi connectivity index (χ3v) is 6.85. The van der Waals surface area contributed by atoms with E-state index in [0.717, 1.165) is 23.1 Å². The highest BCUT2D eigenvalue weighted by Gasteiger charge is 2.27. The van der Waals surface area contributed by atoms with Gasteiger partial charge >= 0.3 is 0 Å². The molecule has 190 valence electrons. The lowest BCUT2D eigenvalue weighted by molar-refractivity contribution is -0.121. The molecule has 4 aromatic rings. The Morgan fingerprint density at radius 3 is 2.57 bits per heavy atom. The number of anilines is 1. The van der Waals surface area contributed by atoms with Gasteiger partial charge in [-0.1, -0.05) is 33.2 Å². The zero-order valence-electron chi connectivity index (χ0n) is 20.0. The Balaban J connectivity index is 1.13. The van der Waals surface area contributed by atoms with Crippen molar-refractivity contribution in [1.82, 2.24) is 20.4 Å². The van der Waals surface area contributed by atoms with Crippen LogP contribution in [0.25, 0.3) is 11.4 Å². The highest BCUT2D eigenvalue weighted by atomic mass is 79.9. The van der Waals surface area contributed by atoms with E-state index in [9.17, 15) is 9.59 Å². The van der Waals surface area contributed by atoms with Crippen molar-refractivity contribution >= 4 is 33.4 Å². The SMILES string of the molecule is O=C(NCc1ccco1)c1ccccc1NC(=O)C1CCN(Cc2nc(-c3ccc(Br)cc3)no2)CC1. The normalized spacial score (nSPS) is 14.4. The number of hydrogen-bond donors (Lipinski definition) is 2. The van der Waals surface area contributed by atoms with Gasteiger partial charge in [0.2, 0.25) is 17.6 Å². The van der Waals surface area contributed by atoms with Gasteiger partial charge in [0.05, 0.1) is 30.6 Å². The number of halogens is 1. The van der Waals surface area contributed by atoms with E-state index in [-0.39, 0.29) is 24.3 Å². The van der Waals surface area contributed by atoms with Crippen LogP contribution >= 0.6 is 15.9 Å². The van der Waals surface area contributed by atoms with E-state index < -0.39 is 0 Å². The number of benzene rings is 2. The number of amides is 2. The van der Waals surface area contributed by atoms with Gasteiger partial charge in [0, 0.05) is 16.0 Å². The molecule has 0 spiro atoms. The van der Waals surface area contributed by atoms with E-state index in [0.29, 0.717) is 48.1 Å². The third kappa shape index (κ3) is 6.33. The van der Waals surface area contributed by atoms with Gasteiger partial charge < -0.3 is 19.6 Å². The Bertz CT molecular complexity index is 1350. The maximum absolute atomic E-state index is 13.0. The van der Waals surface area contributed by atoms with Crippen LogP contribution in [-0.2, 0) is 17.9 Å². The minimum absolute atomic E-state index is 0.0822. The maximum Gasteiger partial charge on any atom is 0.253 e. The molecule has 2 N–H and O–H groups in total. The minimum atomic E-state index is -0.274. The minimum Gasteiger partial charge on any atom is -0.467 e. The summed E-state index contributed by atoms with van der Waals surface area (Å²) in [5, 5.41) is 9.88. The van der Waals surface area contributed by atoms with Crippen molar-refractivity contribution in [1.29, 1.82) is 0 Å². The standard InChI is InChI=1S/C27H26BrN5O4/c28-20-9-7-18(8-10-20)25-31-24(37-32-25)17-33-13-11-19(12-14-33)26(34)30-23-6-2-1-5-22(23)27(35)29-16-21-4-3-15-36-21/h1-10,15,19H,11-14,16-17H2,(H,29,35)(H,30,34). The summed E-state index contributed by atoms with van der Waals surface area (Å²) in [5.74, 6) is 1.27. The number of furan rings is 1. The Hall–Kier alpha value is -3.76. The van der Waals surface area contributed by atoms with Crippen LogP contribution in [0, 0.1) is 5.92 Å². The van der Waals surface area contributed by atoms with Crippen LogP contribution in [0.4, 0.5) is 5.69 Å². The number of para-hydroxylation sites is 1.